The number of H-pyrrole nitrogens is 1. The number of aromatic amines is 1. The number of aliphatic hydroxyl groups excluding tert-OH is 1. The fraction of sp³-hybridized carbons (Fsp3) is 0.455. The molecule has 23 heteroatoms. The molecule has 7 N–H and O–H groups in total. The maximum atomic E-state index is 16.1. The summed E-state index contributed by atoms with van der Waals surface area (Å²) in [6, 6.07) is 3.01. The number of nitrogens with zero attached hydrogens (tertiary/aromatic N) is 5. The molecule has 3 aliphatic heterocycles. The molecule has 4 aromatic heterocycles. The van der Waals surface area contributed by atoms with Gasteiger partial charge in [0.05, 0.1) is 24.0 Å². The van der Waals surface area contributed by atoms with Gasteiger partial charge in [-0.05, 0) is 23.9 Å². The van der Waals surface area contributed by atoms with Crippen molar-refractivity contribution in [3.05, 3.63) is 41.2 Å². The monoisotopic (exact) mass is 706 g/mol. The van der Waals surface area contributed by atoms with Crippen molar-refractivity contribution in [1.82, 2.24) is 29.1 Å². The SMILES string of the molecule is Nc1nc2c(ccn2[C@@H]2O[C@@H]3COP(O)(=S)O[C@@H]4[C@H](O)[C@@H](COP(=O)(S)O[C@H]3[C@H]2F)O[C@H]4n2ccc3c(N)ncnc32)c(=O)[nH]1. The van der Waals surface area contributed by atoms with E-state index in [0.717, 1.165) is 0 Å². The van der Waals surface area contributed by atoms with Crippen LogP contribution in [0.2, 0.25) is 0 Å². The van der Waals surface area contributed by atoms with E-state index in [1.54, 1.807) is 12.3 Å². The number of fused-ring (bicyclic) bond motifs is 5. The van der Waals surface area contributed by atoms with Gasteiger partial charge in [-0.1, -0.05) is 12.2 Å². The van der Waals surface area contributed by atoms with Crippen LogP contribution in [0.15, 0.2) is 35.6 Å². The molecule has 7 heterocycles. The molecule has 2 bridgehead atoms. The largest absolute Gasteiger partial charge is 0.387 e. The molecule has 3 aliphatic rings. The minimum absolute atomic E-state index is 0.0119. The predicted molar refractivity (Wildman–Crippen MR) is 160 cm³/mol. The molecular weight excluding hydrogens is 681 g/mol. The van der Waals surface area contributed by atoms with Gasteiger partial charge in [-0.3, -0.25) is 23.3 Å². The number of anilines is 2. The van der Waals surface area contributed by atoms with E-state index in [2.05, 4.69) is 32.2 Å². The number of nitrogens with one attached hydrogen (secondary N) is 1. The number of ether oxygens (including phenoxy) is 2. The topological polar surface area (TPSA) is 246 Å². The number of nitrogen functional groups attached to an aromatic ring is 2. The number of hydrogen-bond donors (Lipinski definition) is 6. The third-order valence-corrected chi connectivity index (χ3v) is 10.8. The molecule has 0 amide bonds. The van der Waals surface area contributed by atoms with Crippen molar-refractivity contribution in [2.45, 2.75) is 49.1 Å². The predicted octanol–water partition coefficient (Wildman–Crippen LogP) is 0.900. The Bertz CT molecular complexity index is 1950. The third kappa shape index (κ3) is 5.60. The number of thiol groups is 1. The standard InChI is InChI=1S/C22H25FN8O10P2S2/c23-12-14-11(39-20(12)31-4-2-9-18(31)28-22(25)29-19(9)33)6-37-43(35,45)41-15-13(32)10(5-36-42(34,44)40-14)38-21(15)30-3-1-8-16(24)26-7-27-17(8)30/h1-4,7,10-15,20-21,32H,5-6H2,(H,34,44)(H,35,45)(H2,24,26,27)(H3,25,28,29,33)/t10-,11-,12-,13-,14-,15-,20-,21-,42?,43?/m1/s1. The van der Waals surface area contributed by atoms with Gasteiger partial charge in [-0.15, -0.1) is 0 Å². The Morgan fingerprint density at radius 2 is 1.71 bits per heavy atom. The van der Waals surface area contributed by atoms with Crippen LogP contribution in [0.25, 0.3) is 22.1 Å². The maximum absolute atomic E-state index is 16.1. The van der Waals surface area contributed by atoms with Gasteiger partial charge in [0.1, 0.15) is 48.3 Å². The maximum Gasteiger partial charge on any atom is 0.386 e. The zero-order valence-corrected chi connectivity index (χ0v) is 26.1. The minimum Gasteiger partial charge on any atom is -0.387 e. The number of rotatable bonds is 2. The quantitative estimate of drug-likeness (QED) is 0.125. The summed E-state index contributed by atoms with van der Waals surface area (Å²) in [5.74, 6) is -0.0225. The van der Waals surface area contributed by atoms with E-state index in [1.165, 1.54) is 27.7 Å². The summed E-state index contributed by atoms with van der Waals surface area (Å²) in [5.41, 5.74) is 11.4. The second kappa shape index (κ2) is 11.3. The highest BCUT2D eigenvalue weighted by Gasteiger charge is 2.53. The molecule has 0 saturated carbocycles. The summed E-state index contributed by atoms with van der Waals surface area (Å²) in [6.07, 6.45) is -7.60. The zero-order chi connectivity index (χ0) is 31.8. The van der Waals surface area contributed by atoms with Gasteiger partial charge in [0.15, 0.2) is 24.3 Å². The molecule has 0 aliphatic carbocycles. The second-order valence-electron chi connectivity index (χ2n) is 10.4. The van der Waals surface area contributed by atoms with Crippen molar-refractivity contribution in [1.29, 1.82) is 0 Å². The number of hydrogen-bond acceptors (Lipinski definition) is 15. The Hall–Kier alpha value is -2.52. The molecule has 3 fully saturated rings. The van der Waals surface area contributed by atoms with E-state index < -0.39 is 81.4 Å². The van der Waals surface area contributed by atoms with E-state index in [9.17, 15) is 19.4 Å². The van der Waals surface area contributed by atoms with Crippen molar-refractivity contribution >= 4 is 71.4 Å². The van der Waals surface area contributed by atoms with E-state index in [4.69, 9.17) is 50.8 Å². The summed E-state index contributed by atoms with van der Waals surface area (Å²) in [5, 5.41) is 11.7. The molecule has 2 unspecified atom stereocenters. The van der Waals surface area contributed by atoms with Crippen LogP contribution < -0.4 is 17.0 Å². The fourth-order valence-electron chi connectivity index (χ4n) is 5.54. The summed E-state index contributed by atoms with van der Waals surface area (Å²) in [6.45, 7) is -9.78. The summed E-state index contributed by atoms with van der Waals surface area (Å²) in [4.78, 5) is 38.0. The van der Waals surface area contributed by atoms with Crippen molar-refractivity contribution in [3.8, 4) is 0 Å². The van der Waals surface area contributed by atoms with Crippen LogP contribution in [0.5, 0.6) is 0 Å². The fourth-order valence-corrected chi connectivity index (χ4v) is 8.43. The van der Waals surface area contributed by atoms with Crippen LogP contribution in [0.4, 0.5) is 16.2 Å². The van der Waals surface area contributed by atoms with E-state index in [0.29, 0.717) is 11.0 Å². The lowest BCUT2D eigenvalue weighted by Crippen LogP contribution is -2.35. The highest BCUT2D eigenvalue weighted by molar-refractivity contribution is 8.44. The van der Waals surface area contributed by atoms with E-state index in [-0.39, 0.29) is 22.8 Å². The van der Waals surface area contributed by atoms with Gasteiger partial charge in [-0.25, -0.2) is 18.9 Å². The van der Waals surface area contributed by atoms with E-state index in [1.807, 2.05) is 0 Å². The Balaban J connectivity index is 1.21. The summed E-state index contributed by atoms with van der Waals surface area (Å²) >= 11 is 9.27. The molecule has 7 rings (SSSR count). The molecule has 4 aromatic rings. The van der Waals surface area contributed by atoms with Crippen LogP contribution in [-0.2, 0) is 43.9 Å². The number of alkyl halides is 1. The van der Waals surface area contributed by atoms with E-state index >= 15 is 4.39 Å². The lowest BCUT2D eigenvalue weighted by molar-refractivity contribution is -0.0585. The molecular formula is C22H25FN8O10P2S2. The lowest BCUT2D eigenvalue weighted by atomic mass is 10.1. The highest BCUT2D eigenvalue weighted by atomic mass is 32.7. The number of aliphatic hydroxyl groups is 1. The van der Waals surface area contributed by atoms with Gasteiger partial charge >= 0.3 is 13.5 Å². The first kappa shape index (κ1) is 31.1. The van der Waals surface area contributed by atoms with Crippen molar-refractivity contribution in [3.63, 3.8) is 0 Å². The smallest absolute Gasteiger partial charge is 0.386 e. The van der Waals surface area contributed by atoms with Crippen LogP contribution in [-0.4, -0.2) is 89.0 Å². The van der Waals surface area contributed by atoms with Crippen molar-refractivity contribution < 1.29 is 46.5 Å². The van der Waals surface area contributed by atoms with Gasteiger partial charge in [0.25, 0.3) is 5.56 Å². The first-order valence-electron chi connectivity index (χ1n) is 13.2. The van der Waals surface area contributed by atoms with Crippen LogP contribution in [0, 0.1) is 0 Å². The third-order valence-electron chi connectivity index (χ3n) is 7.58. The van der Waals surface area contributed by atoms with Gasteiger partial charge in [0, 0.05) is 12.4 Å². The number of halogens is 1. The summed E-state index contributed by atoms with van der Waals surface area (Å²) < 4.78 is 66.3. The van der Waals surface area contributed by atoms with Gasteiger partial charge < -0.3 is 44.6 Å². The Morgan fingerprint density at radius 1 is 1.02 bits per heavy atom. The average molecular weight is 707 g/mol. The second-order valence-corrected chi connectivity index (χ2v) is 16.0. The molecule has 18 nitrogen and oxygen atoms in total. The van der Waals surface area contributed by atoms with Crippen LogP contribution in [0.3, 0.4) is 0 Å². The normalized spacial score (nSPS) is 37.7. The molecule has 242 valence electrons. The van der Waals surface area contributed by atoms with Gasteiger partial charge in [0.2, 0.25) is 5.95 Å². The average Bonchev–Trinajstić information content (AvgIpc) is 3.72. The molecule has 45 heavy (non-hydrogen) atoms. The van der Waals surface area contributed by atoms with Crippen LogP contribution >= 0.6 is 25.8 Å². The lowest BCUT2D eigenvalue weighted by Gasteiger charge is -2.27. The number of nitrogens with two attached hydrogens (primary N) is 2. The Morgan fingerprint density at radius 3 is 2.49 bits per heavy atom. The van der Waals surface area contributed by atoms with Crippen molar-refractivity contribution in [2.75, 3.05) is 24.7 Å². The summed E-state index contributed by atoms with van der Waals surface area (Å²) in [7, 11) is 0. The zero-order valence-electron chi connectivity index (χ0n) is 22.6. The molecule has 0 radical (unpaired) electrons. The molecule has 3 saturated heterocycles. The molecule has 0 spiro atoms. The highest BCUT2D eigenvalue weighted by Crippen LogP contribution is 2.58. The minimum atomic E-state index is -4.38. The molecule has 0 aromatic carbocycles. The number of aromatic nitrogens is 6. The first-order valence-corrected chi connectivity index (χ1v) is 18.5. The Kier molecular flexibility index (Phi) is 7.82. The van der Waals surface area contributed by atoms with Crippen molar-refractivity contribution in [2.24, 2.45) is 0 Å². The van der Waals surface area contributed by atoms with Gasteiger partial charge in [-0.2, -0.15) is 4.98 Å². The first-order chi connectivity index (χ1) is 21.3. The Labute approximate surface area is 261 Å². The van der Waals surface area contributed by atoms with Crippen LogP contribution in [0.1, 0.15) is 12.5 Å². The molecule has 10 atom stereocenters.